The van der Waals surface area contributed by atoms with Gasteiger partial charge >= 0.3 is 0 Å². The first-order valence-electron chi connectivity index (χ1n) is 18.9. The van der Waals surface area contributed by atoms with Crippen LogP contribution in [-0.4, -0.2) is 0 Å². The molecule has 0 fully saturated rings. The van der Waals surface area contributed by atoms with E-state index in [1.807, 2.05) is 6.07 Å². The first kappa shape index (κ1) is 29.9. The van der Waals surface area contributed by atoms with Crippen molar-refractivity contribution < 1.29 is 4.42 Å². The van der Waals surface area contributed by atoms with Gasteiger partial charge in [-0.2, -0.15) is 0 Å². The summed E-state index contributed by atoms with van der Waals surface area (Å²) in [6.45, 7) is 4.71. The molecule has 0 bridgehead atoms. The highest BCUT2D eigenvalue weighted by atomic mass is 16.3. The third-order valence-corrected chi connectivity index (χ3v) is 12.7. The zero-order chi connectivity index (χ0) is 35.8. The smallest absolute Gasteiger partial charge is 0.137 e. The molecule has 0 radical (unpaired) electrons. The first-order valence-corrected chi connectivity index (χ1v) is 18.9. The molecule has 254 valence electrons. The number of hydrogen-bond acceptors (Lipinski definition) is 2. The van der Waals surface area contributed by atoms with Crippen molar-refractivity contribution in [2.75, 3.05) is 4.90 Å². The van der Waals surface area contributed by atoms with Gasteiger partial charge in [-0.15, -0.1) is 0 Å². The fraction of sp³-hybridized carbons (Fsp3) is 0.0769. The quantitative estimate of drug-likeness (QED) is 0.184. The van der Waals surface area contributed by atoms with Gasteiger partial charge in [-0.25, -0.2) is 0 Å². The van der Waals surface area contributed by atoms with E-state index >= 15 is 0 Å². The molecule has 0 N–H and O–H groups in total. The molecule has 1 aromatic heterocycles. The maximum Gasteiger partial charge on any atom is 0.137 e. The van der Waals surface area contributed by atoms with Gasteiger partial charge in [-0.3, -0.25) is 0 Å². The van der Waals surface area contributed by atoms with Crippen molar-refractivity contribution in [3.8, 4) is 33.4 Å². The monoisotopic (exact) mass is 689 g/mol. The minimum atomic E-state index is -0.376. The van der Waals surface area contributed by atoms with Gasteiger partial charge in [0.05, 0.1) is 5.41 Å². The predicted molar refractivity (Wildman–Crippen MR) is 222 cm³/mol. The molecule has 3 aliphatic rings. The zero-order valence-electron chi connectivity index (χ0n) is 30.1. The Morgan fingerprint density at radius 2 is 0.815 bits per heavy atom. The fourth-order valence-corrected chi connectivity index (χ4v) is 10.4. The number of fused-ring (bicyclic) bond motifs is 16. The van der Waals surface area contributed by atoms with E-state index in [0.29, 0.717) is 0 Å². The van der Waals surface area contributed by atoms with Gasteiger partial charge in [-0.1, -0.05) is 141 Å². The van der Waals surface area contributed by atoms with E-state index in [1.54, 1.807) is 0 Å². The maximum atomic E-state index is 6.49. The van der Waals surface area contributed by atoms with Crippen molar-refractivity contribution in [2.45, 2.75) is 24.7 Å². The van der Waals surface area contributed by atoms with Crippen molar-refractivity contribution >= 4 is 39.0 Å². The summed E-state index contributed by atoms with van der Waals surface area (Å²) in [6.07, 6.45) is 0. The minimum Gasteiger partial charge on any atom is -0.456 e. The molecule has 1 spiro atoms. The third-order valence-electron chi connectivity index (χ3n) is 12.7. The molecule has 3 aliphatic carbocycles. The van der Waals surface area contributed by atoms with Gasteiger partial charge in [0.25, 0.3) is 0 Å². The lowest BCUT2D eigenvalue weighted by molar-refractivity contribution is 0.660. The molecule has 2 nitrogen and oxygen atoms in total. The fourth-order valence-electron chi connectivity index (χ4n) is 10.4. The van der Waals surface area contributed by atoms with Crippen LogP contribution in [0.5, 0.6) is 0 Å². The van der Waals surface area contributed by atoms with Crippen LogP contribution in [0, 0.1) is 0 Å². The van der Waals surface area contributed by atoms with Gasteiger partial charge in [-0.05, 0) is 109 Å². The van der Waals surface area contributed by atoms with Gasteiger partial charge in [0.15, 0.2) is 0 Å². The Labute approximate surface area is 314 Å². The summed E-state index contributed by atoms with van der Waals surface area (Å²) < 4.78 is 6.49. The highest BCUT2D eigenvalue weighted by Crippen LogP contribution is 2.63. The van der Waals surface area contributed by atoms with E-state index < -0.39 is 0 Å². The second-order valence-corrected chi connectivity index (χ2v) is 15.6. The Kier molecular flexibility index (Phi) is 5.81. The van der Waals surface area contributed by atoms with Gasteiger partial charge < -0.3 is 9.32 Å². The zero-order valence-corrected chi connectivity index (χ0v) is 30.1. The van der Waals surface area contributed by atoms with E-state index in [9.17, 15) is 0 Å². The topological polar surface area (TPSA) is 16.4 Å². The Morgan fingerprint density at radius 3 is 1.52 bits per heavy atom. The molecule has 0 aliphatic heterocycles. The molecule has 0 amide bonds. The van der Waals surface area contributed by atoms with Crippen LogP contribution in [-0.2, 0) is 10.8 Å². The summed E-state index contributed by atoms with van der Waals surface area (Å²) in [5.74, 6) is 0. The predicted octanol–water partition coefficient (Wildman–Crippen LogP) is 13.7. The van der Waals surface area contributed by atoms with Crippen LogP contribution < -0.4 is 4.90 Å². The summed E-state index contributed by atoms with van der Waals surface area (Å²) >= 11 is 0. The SMILES string of the molecule is CC1(C)c2ccccc2-c2ccc(N(c3ccc4c(c3)-c3ccccc3C43c4ccccc4-c4ccccc43)c3ccc4c(c3)oc3ccccc34)cc21. The van der Waals surface area contributed by atoms with E-state index in [1.165, 1.54) is 66.8 Å². The average molecular weight is 690 g/mol. The van der Waals surface area contributed by atoms with Crippen LogP contribution in [0.15, 0.2) is 180 Å². The normalized spacial score (nSPS) is 14.8. The summed E-state index contributed by atoms with van der Waals surface area (Å²) in [5, 5.41) is 2.27. The second kappa shape index (κ2) is 10.5. The molecule has 54 heavy (non-hydrogen) atoms. The number of benzene rings is 8. The van der Waals surface area contributed by atoms with Crippen LogP contribution in [0.2, 0.25) is 0 Å². The standard InChI is InChI=1S/C52H35NO/c1-51(2)43-18-8-3-13-35(43)39-26-23-33(30-48(39)51)53(34-24-27-41-40-17-7-12-22-49(40)54-50(41)31-34)32-25-28-47-42(29-32)38-16-6-11-21-46(38)52(47)44-19-9-4-14-36(44)37-15-5-10-20-45(37)52/h3-31H,1-2H3. The number of furan rings is 1. The molecule has 8 aromatic carbocycles. The molecule has 12 rings (SSSR count). The van der Waals surface area contributed by atoms with Crippen molar-refractivity contribution in [3.63, 3.8) is 0 Å². The van der Waals surface area contributed by atoms with Gasteiger partial charge in [0, 0.05) is 39.3 Å². The Balaban J connectivity index is 1.11. The van der Waals surface area contributed by atoms with Crippen molar-refractivity contribution in [3.05, 3.63) is 209 Å². The second-order valence-electron chi connectivity index (χ2n) is 15.6. The van der Waals surface area contributed by atoms with Gasteiger partial charge in [0.2, 0.25) is 0 Å². The van der Waals surface area contributed by atoms with Crippen LogP contribution in [0.1, 0.15) is 47.2 Å². The van der Waals surface area contributed by atoms with Crippen molar-refractivity contribution in [1.29, 1.82) is 0 Å². The molecule has 0 saturated carbocycles. The Bertz CT molecular complexity index is 3010. The third kappa shape index (κ3) is 3.70. The molecule has 9 aromatic rings. The Morgan fingerprint density at radius 1 is 0.352 bits per heavy atom. The van der Waals surface area contributed by atoms with Crippen molar-refractivity contribution in [1.82, 2.24) is 0 Å². The molecular formula is C52H35NO. The molecule has 1 heterocycles. The number of nitrogens with zero attached hydrogens (tertiary/aromatic N) is 1. The van der Waals surface area contributed by atoms with E-state index in [4.69, 9.17) is 4.42 Å². The number of para-hydroxylation sites is 1. The number of rotatable bonds is 3. The number of hydrogen-bond donors (Lipinski definition) is 0. The molecule has 0 saturated heterocycles. The largest absolute Gasteiger partial charge is 0.456 e. The van der Waals surface area contributed by atoms with Crippen molar-refractivity contribution in [2.24, 2.45) is 0 Å². The van der Waals surface area contributed by atoms with Crippen LogP contribution in [0.3, 0.4) is 0 Å². The number of anilines is 3. The Hall–Kier alpha value is -6.64. The highest BCUT2D eigenvalue weighted by Gasteiger charge is 2.51. The first-order chi connectivity index (χ1) is 26.5. The average Bonchev–Trinajstić information content (AvgIpc) is 3.90. The van der Waals surface area contributed by atoms with Crippen LogP contribution in [0.4, 0.5) is 17.1 Å². The van der Waals surface area contributed by atoms with E-state index in [2.05, 4.69) is 189 Å². The van der Waals surface area contributed by atoms with E-state index in [0.717, 1.165) is 39.0 Å². The molecular weight excluding hydrogens is 655 g/mol. The summed E-state index contributed by atoms with van der Waals surface area (Å²) in [5.41, 5.74) is 20.6. The molecule has 2 heteroatoms. The summed E-state index contributed by atoms with van der Waals surface area (Å²) in [7, 11) is 0. The summed E-state index contributed by atoms with van der Waals surface area (Å²) in [6, 6.07) is 65.2. The van der Waals surface area contributed by atoms with Crippen LogP contribution in [0.25, 0.3) is 55.3 Å². The van der Waals surface area contributed by atoms with Crippen LogP contribution >= 0.6 is 0 Å². The van der Waals surface area contributed by atoms with Gasteiger partial charge in [0.1, 0.15) is 11.2 Å². The minimum absolute atomic E-state index is 0.122. The van der Waals surface area contributed by atoms with E-state index in [-0.39, 0.29) is 10.8 Å². The lowest BCUT2D eigenvalue weighted by Crippen LogP contribution is -2.25. The highest BCUT2D eigenvalue weighted by molar-refractivity contribution is 6.06. The molecule has 0 atom stereocenters. The maximum absolute atomic E-state index is 6.49. The lowest BCUT2D eigenvalue weighted by Gasteiger charge is -2.31. The molecule has 0 unspecified atom stereocenters. The summed E-state index contributed by atoms with van der Waals surface area (Å²) in [4.78, 5) is 2.43. The lowest BCUT2D eigenvalue weighted by atomic mass is 9.70.